The first-order chi connectivity index (χ1) is 16.5. The van der Waals surface area contributed by atoms with Crippen LogP contribution in [0.2, 0.25) is 0 Å². The molecule has 198 valence electrons. The van der Waals surface area contributed by atoms with Crippen molar-refractivity contribution in [2.75, 3.05) is 46.5 Å². The van der Waals surface area contributed by atoms with E-state index in [2.05, 4.69) is 6.92 Å². The van der Waals surface area contributed by atoms with Crippen LogP contribution < -0.4 is 10.5 Å². The van der Waals surface area contributed by atoms with Gasteiger partial charge in [0, 0.05) is 51.4 Å². The summed E-state index contributed by atoms with van der Waals surface area (Å²) in [5.41, 5.74) is 7.18. The van der Waals surface area contributed by atoms with E-state index in [9.17, 15) is 9.59 Å². The standard InChI is InChI=1S/C27H45N3O5/c1-8-20-10-11-21(14-24(20)34-13-9-12-33-7)25(31)30(19(2)3)18-23-17-29(16-22(23)15-28)26(32)35-27(4,5)6/h10-11,14,19,22-23H,8-9,12-13,15-18,28H2,1-7H3/t22-,23-/m1/s1. The largest absolute Gasteiger partial charge is 0.493 e. The van der Waals surface area contributed by atoms with E-state index in [4.69, 9.17) is 19.9 Å². The van der Waals surface area contributed by atoms with Crippen LogP contribution >= 0.6 is 0 Å². The molecule has 1 aliphatic heterocycles. The van der Waals surface area contributed by atoms with Gasteiger partial charge < -0.3 is 29.7 Å². The highest BCUT2D eigenvalue weighted by Gasteiger charge is 2.38. The van der Waals surface area contributed by atoms with Gasteiger partial charge in [-0.05, 0) is 77.1 Å². The highest BCUT2D eigenvalue weighted by Crippen LogP contribution is 2.28. The topological polar surface area (TPSA) is 94.3 Å². The van der Waals surface area contributed by atoms with Gasteiger partial charge in [0.2, 0.25) is 0 Å². The maximum absolute atomic E-state index is 13.6. The normalized spacial score (nSPS) is 18.1. The number of amides is 2. The van der Waals surface area contributed by atoms with E-state index < -0.39 is 5.60 Å². The molecule has 8 heteroatoms. The van der Waals surface area contributed by atoms with E-state index in [1.54, 1.807) is 12.0 Å². The molecule has 0 spiro atoms. The molecule has 0 bridgehead atoms. The van der Waals surface area contributed by atoms with Crippen LogP contribution in [0, 0.1) is 11.8 Å². The fraction of sp³-hybridized carbons (Fsp3) is 0.704. The molecule has 0 aliphatic carbocycles. The van der Waals surface area contributed by atoms with E-state index in [0.29, 0.717) is 45.0 Å². The van der Waals surface area contributed by atoms with Gasteiger partial charge in [0.1, 0.15) is 11.4 Å². The summed E-state index contributed by atoms with van der Waals surface area (Å²) in [6.07, 6.45) is 1.28. The van der Waals surface area contributed by atoms with Gasteiger partial charge in [-0.2, -0.15) is 0 Å². The third-order valence-corrected chi connectivity index (χ3v) is 6.29. The quantitative estimate of drug-likeness (QED) is 0.471. The second-order valence-electron chi connectivity index (χ2n) is 10.6. The predicted molar refractivity (Wildman–Crippen MR) is 138 cm³/mol. The first kappa shape index (κ1) is 28.9. The van der Waals surface area contributed by atoms with Gasteiger partial charge in [-0.25, -0.2) is 4.79 Å². The highest BCUT2D eigenvalue weighted by atomic mass is 16.6. The molecule has 2 atom stereocenters. The lowest BCUT2D eigenvalue weighted by Gasteiger charge is -2.31. The number of carbonyl (C=O) groups excluding carboxylic acids is 2. The second-order valence-corrected chi connectivity index (χ2v) is 10.6. The number of hydrogen-bond donors (Lipinski definition) is 1. The minimum atomic E-state index is -0.554. The Balaban J connectivity index is 2.17. The molecule has 1 fully saturated rings. The van der Waals surface area contributed by atoms with Crippen molar-refractivity contribution in [2.45, 2.75) is 66.0 Å². The first-order valence-electron chi connectivity index (χ1n) is 12.7. The Morgan fingerprint density at radius 2 is 1.86 bits per heavy atom. The van der Waals surface area contributed by atoms with Crippen molar-refractivity contribution >= 4 is 12.0 Å². The number of methoxy groups -OCH3 is 1. The Bertz CT molecular complexity index is 837. The summed E-state index contributed by atoms with van der Waals surface area (Å²) in [6.45, 7) is 14.9. The van der Waals surface area contributed by atoms with Crippen LogP contribution in [0.4, 0.5) is 4.79 Å². The van der Waals surface area contributed by atoms with Crippen LogP contribution in [0.15, 0.2) is 18.2 Å². The molecular formula is C27H45N3O5. The molecule has 35 heavy (non-hydrogen) atoms. The molecule has 1 heterocycles. The van der Waals surface area contributed by atoms with Gasteiger partial charge in [0.05, 0.1) is 6.61 Å². The molecule has 1 aliphatic rings. The third-order valence-electron chi connectivity index (χ3n) is 6.29. The predicted octanol–water partition coefficient (Wildman–Crippen LogP) is 3.96. The van der Waals surface area contributed by atoms with E-state index in [1.807, 2.05) is 57.7 Å². The maximum Gasteiger partial charge on any atom is 0.410 e. The van der Waals surface area contributed by atoms with Gasteiger partial charge in [-0.1, -0.05) is 13.0 Å². The van der Waals surface area contributed by atoms with E-state index in [0.717, 1.165) is 24.2 Å². The fourth-order valence-corrected chi connectivity index (χ4v) is 4.33. The van der Waals surface area contributed by atoms with E-state index in [-0.39, 0.29) is 29.9 Å². The number of aryl methyl sites for hydroxylation is 1. The zero-order chi connectivity index (χ0) is 26.2. The number of benzene rings is 1. The Morgan fingerprint density at radius 3 is 2.43 bits per heavy atom. The van der Waals surface area contributed by atoms with Crippen LogP contribution in [0.25, 0.3) is 0 Å². The lowest BCUT2D eigenvalue weighted by molar-refractivity contribution is 0.0282. The molecule has 0 unspecified atom stereocenters. The smallest absolute Gasteiger partial charge is 0.410 e. The lowest BCUT2D eigenvalue weighted by Crippen LogP contribution is -2.43. The third kappa shape index (κ3) is 8.39. The summed E-state index contributed by atoms with van der Waals surface area (Å²) in [5, 5.41) is 0. The molecule has 0 saturated carbocycles. The van der Waals surface area contributed by atoms with Gasteiger partial charge in [0.15, 0.2) is 0 Å². The second kappa shape index (κ2) is 13.1. The number of ether oxygens (including phenoxy) is 3. The Morgan fingerprint density at radius 1 is 1.17 bits per heavy atom. The van der Waals surface area contributed by atoms with Gasteiger partial charge >= 0.3 is 6.09 Å². The van der Waals surface area contributed by atoms with Crippen molar-refractivity contribution in [3.05, 3.63) is 29.3 Å². The van der Waals surface area contributed by atoms with Crippen molar-refractivity contribution < 1.29 is 23.8 Å². The van der Waals surface area contributed by atoms with Crippen LogP contribution in [0.5, 0.6) is 5.75 Å². The van der Waals surface area contributed by atoms with Gasteiger partial charge in [0.25, 0.3) is 5.91 Å². The summed E-state index contributed by atoms with van der Waals surface area (Å²) < 4.78 is 16.6. The van der Waals surface area contributed by atoms with E-state index in [1.165, 1.54) is 0 Å². The monoisotopic (exact) mass is 491 g/mol. The number of nitrogens with zero attached hydrogens (tertiary/aromatic N) is 2. The maximum atomic E-state index is 13.6. The van der Waals surface area contributed by atoms with Crippen LogP contribution in [-0.4, -0.2) is 79.9 Å². The summed E-state index contributed by atoms with van der Waals surface area (Å²) >= 11 is 0. The fourth-order valence-electron chi connectivity index (χ4n) is 4.33. The van der Waals surface area contributed by atoms with Gasteiger partial charge in [-0.3, -0.25) is 4.79 Å². The lowest BCUT2D eigenvalue weighted by atomic mass is 9.94. The van der Waals surface area contributed by atoms with Crippen LogP contribution in [-0.2, 0) is 15.9 Å². The molecule has 2 N–H and O–H groups in total. The number of rotatable bonds is 11. The number of likely N-dealkylation sites (tertiary alicyclic amines) is 1. The molecule has 8 nitrogen and oxygen atoms in total. The van der Waals surface area contributed by atoms with Crippen molar-refractivity contribution in [2.24, 2.45) is 17.6 Å². The minimum Gasteiger partial charge on any atom is -0.493 e. The molecule has 2 amide bonds. The SMILES string of the molecule is CCc1ccc(C(=O)N(C[C@H]2CN(C(=O)OC(C)(C)C)C[C@H]2CN)C(C)C)cc1OCCCOC. The van der Waals surface area contributed by atoms with Crippen molar-refractivity contribution in [1.82, 2.24) is 9.80 Å². The molecule has 0 aromatic heterocycles. The average Bonchev–Trinajstić information content (AvgIpc) is 3.21. The molecular weight excluding hydrogens is 446 g/mol. The Kier molecular flexibility index (Phi) is 10.8. The summed E-state index contributed by atoms with van der Waals surface area (Å²) in [5.74, 6) is 0.892. The van der Waals surface area contributed by atoms with E-state index >= 15 is 0 Å². The number of carbonyl (C=O) groups is 2. The number of nitrogens with two attached hydrogens (primary N) is 1. The first-order valence-corrected chi connectivity index (χ1v) is 12.7. The molecule has 0 radical (unpaired) electrons. The number of hydrogen-bond acceptors (Lipinski definition) is 6. The van der Waals surface area contributed by atoms with Gasteiger partial charge in [-0.15, -0.1) is 0 Å². The zero-order valence-electron chi connectivity index (χ0n) is 22.6. The minimum absolute atomic E-state index is 0.00609. The average molecular weight is 492 g/mol. The zero-order valence-corrected chi connectivity index (χ0v) is 22.6. The van der Waals surface area contributed by atoms with Crippen molar-refractivity contribution in [3.8, 4) is 5.75 Å². The van der Waals surface area contributed by atoms with Crippen LogP contribution in [0.1, 0.15) is 63.9 Å². The molecule has 1 saturated heterocycles. The Hall–Kier alpha value is -2.32. The van der Waals surface area contributed by atoms with Crippen LogP contribution in [0.3, 0.4) is 0 Å². The summed E-state index contributed by atoms with van der Waals surface area (Å²) in [4.78, 5) is 29.8. The Labute approximate surface area is 211 Å². The molecule has 1 aromatic rings. The molecule has 2 rings (SSSR count). The molecule has 1 aromatic carbocycles. The van der Waals surface area contributed by atoms with Crippen molar-refractivity contribution in [1.29, 1.82) is 0 Å². The van der Waals surface area contributed by atoms with Crippen molar-refractivity contribution in [3.63, 3.8) is 0 Å². The summed E-state index contributed by atoms with van der Waals surface area (Å²) in [6, 6.07) is 5.69. The highest BCUT2D eigenvalue weighted by molar-refractivity contribution is 5.95. The summed E-state index contributed by atoms with van der Waals surface area (Å²) in [7, 11) is 1.67.